The van der Waals surface area contributed by atoms with Crippen LogP contribution in [0.15, 0.2) is 35.7 Å². The van der Waals surface area contributed by atoms with E-state index < -0.39 is 0 Å². The maximum atomic E-state index is 3.73. The van der Waals surface area contributed by atoms with E-state index in [1.807, 2.05) is 11.3 Å². The van der Waals surface area contributed by atoms with Gasteiger partial charge in [-0.1, -0.05) is 36.8 Å². The van der Waals surface area contributed by atoms with Gasteiger partial charge in [-0.15, -0.1) is 11.3 Å². The van der Waals surface area contributed by atoms with Gasteiger partial charge in [0.15, 0.2) is 0 Å². The van der Waals surface area contributed by atoms with Gasteiger partial charge in [-0.25, -0.2) is 0 Å². The van der Waals surface area contributed by atoms with Gasteiger partial charge in [0.05, 0.1) is 0 Å². The summed E-state index contributed by atoms with van der Waals surface area (Å²) in [6.45, 7) is 5.41. The molecule has 0 radical (unpaired) electrons. The number of thiophene rings is 1. The Morgan fingerprint density at radius 2 is 2.25 bits per heavy atom. The molecule has 0 fully saturated rings. The van der Waals surface area contributed by atoms with Gasteiger partial charge >= 0.3 is 0 Å². The van der Waals surface area contributed by atoms with Gasteiger partial charge in [0.25, 0.3) is 0 Å². The third kappa shape index (κ3) is 2.68. The highest BCUT2D eigenvalue weighted by molar-refractivity contribution is 7.10. The number of nitrogens with one attached hydrogen (secondary N) is 1. The zero-order chi connectivity index (χ0) is 13.9. The Kier molecular flexibility index (Phi) is 4.23. The summed E-state index contributed by atoms with van der Waals surface area (Å²) >= 11 is 1.94. The fraction of sp³-hybridized carbons (Fsp3) is 0.444. The predicted molar refractivity (Wildman–Crippen MR) is 87.6 cm³/mol. The van der Waals surface area contributed by atoms with Gasteiger partial charge < -0.3 is 5.32 Å². The van der Waals surface area contributed by atoms with Crippen molar-refractivity contribution in [3.63, 3.8) is 0 Å². The molecule has 2 heteroatoms. The summed E-state index contributed by atoms with van der Waals surface area (Å²) in [5.41, 5.74) is 4.39. The highest BCUT2D eigenvalue weighted by Gasteiger charge is 2.29. The first kappa shape index (κ1) is 13.8. The molecule has 0 spiro atoms. The lowest BCUT2D eigenvalue weighted by molar-refractivity contribution is 0.411. The van der Waals surface area contributed by atoms with E-state index in [1.165, 1.54) is 30.4 Å². The molecule has 2 atom stereocenters. The van der Waals surface area contributed by atoms with E-state index in [0.29, 0.717) is 12.0 Å². The van der Waals surface area contributed by atoms with Crippen LogP contribution in [-0.2, 0) is 6.42 Å². The fourth-order valence-corrected chi connectivity index (χ4v) is 4.44. The smallest absolute Gasteiger partial charge is 0.0389 e. The van der Waals surface area contributed by atoms with Crippen LogP contribution in [-0.4, -0.2) is 6.54 Å². The van der Waals surface area contributed by atoms with Gasteiger partial charge in [0.2, 0.25) is 0 Å². The largest absolute Gasteiger partial charge is 0.310 e. The maximum absolute atomic E-state index is 3.73. The normalized spacial score (nSPS) is 19.6. The molecule has 1 aliphatic carbocycles. The van der Waals surface area contributed by atoms with Crippen LogP contribution in [0.1, 0.15) is 53.3 Å². The van der Waals surface area contributed by atoms with Crippen LogP contribution in [0.4, 0.5) is 0 Å². The van der Waals surface area contributed by atoms with E-state index in [1.54, 1.807) is 10.4 Å². The molecule has 1 nitrogen and oxygen atoms in total. The minimum atomic E-state index is 0.452. The molecule has 0 bridgehead atoms. The number of hydrogen-bond acceptors (Lipinski definition) is 2. The number of aryl methyl sites for hydroxylation is 2. The van der Waals surface area contributed by atoms with Crippen LogP contribution >= 0.6 is 11.3 Å². The van der Waals surface area contributed by atoms with Gasteiger partial charge in [-0.2, -0.15) is 0 Å². The molecule has 1 aliphatic rings. The van der Waals surface area contributed by atoms with Crippen LogP contribution < -0.4 is 5.32 Å². The van der Waals surface area contributed by atoms with Crippen molar-refractivity contribution in [1.29, 1.82) is 0 Å². The van der Waals surface area contributed by atoms with E-state index in [0.717, 1.165) is 6.54 Å². The molecule has 0 aliphatic heterocycles. The second-order valence-electron chi connectivity index (χ2n) is 5.75. The molecule has 1 heterocycles. The summed E-state index contributed by atoms with van der Waals surface area (Å²) in [6, 6.07) is 11.8. The zero-order valence-electron chi connectivity index (χ0n) is 12.4. The molecule has 1 aromatic heterocycles. The minimum Gasteiger partial charge on any atom is -0.310 e. The van der Waals surface area contributed by atoms with Crippen molar-refractivity contribution in [2.24, 2.45) is 0 Å². The van der Waals surface area contributed by atoms with Crippen molar-refractivity contribution < 1.29 is 0 Å². The quantitative estimate of drug-likeness (QED) is 0.848. The Balaban J connectivity index is 1.96. The molecular formula is C18H23NS. The van der Waals surface area contributed by atoms with Crippen molar-refractivity contribution in [3.8, 4) is 0 Å². The van der Waals surface area contributed by atoms with Crippen LogP contribution in [0, 0.1) is 6.92 Å². The zero-order valence-corrected chi connectivity index (χ0v) is 13.2. The van der Waals surface area contributed by atoms with Crippen molar-refractivity contribution in [2.75, 3.05) is 6.54 Å². The molecule has 0 amide bonds. The van der Waals surface area contributed by atoms with E-state index >= 15 is 0 Å². The first-order chi connectivity index (χ1) is 9.79. The number of hydrogen-bond donors (Lipinski definition) is 1. The summed E-state index contributed by atoms with van der Waals surface area (Å²) < 4.78 is 0. The number of rotatable bonds is 4. The Morgan fingerprint density at radius 1 is 1.35 bits per heavy atom. The van der Waals surface area contributed by atoms with Gasteiger partial charge in [0, 0.05) is 16.8 Å². The summed E-state index contributed by atoms with van der Waals surface area (Å²) in [5.74, 6) is 0.631. The third-order valence-electron chi connectivity index (χ3n) is 4.33. The van der Waals surface area contributed by atoms with Crippen molar-refractivity contribution in [1.82, 2.24) is 5.32 Å². The molecule has 106 valence electrons. The van der Waals surface area contributed by atoms with Crippen molar-refractivity contribution >= 4 is 11.3 Å². The Hall–Kier alpha value is -1.12. The molecule has 1 N–H and O–H groups in total. The van der Waals surface area contributed by atoms with Crippen molar-refractivity contribution in [2.45, 2.75) is 45.1 Å². The molecule has 3 rings (SSSR count). The van der Waals surface area contributed by atoms with E-state index in [4.69, 9.17) is 0 Å². The van der Waals surface area contributed by atoms with Crippen LogP contribution in [0.5, 0.6) is 0 Å². The van der Waals surface area contributed by atoms with Crippen LogP contribution in [0.2, 0.25) is 0 Å². The number of likely N-dealkylation sites (N-methyl/N-ethyl adjacent to an activating group) is 1. The summed E-state index contributed by atoms with van der Waals surface area (Å²) in [5, 5.41) is 6.00. The molecule has 0 saturated carbocycles. The third-order valence-corrected chi connectivity index (χ3v) is 5.32. The fourth-order valence-electron chi connectivity index (χ4n) is 3.44. The Bertz CT molecular complexity index is 572. The molecule has 20 heavy (non-hydrogen) atoms. The first-order valence-corrected chi connectivity index (χ1v) is 8.53. The van der Waals surface area contributed by atoms with Gasteiger partial charge in [0.1, 0.15) is 0 Å². The molecule has 2 unspecified atom stereocenters. The van der Waals surface area contributed by atoms with Gasteiger partial charge in [-0.3, -0.25) is 0 Å². The molecule has 0 saturated heterocycles. The summed E-state index contributed by atoms with van der Waals surface area (Å²) in [4.78, 5) is 1.61. The SMILES string of the molecule is CCNC(c1cccc(C)c1)C1CCCc2sccc21. The van der Waals surface area contributed by atoms with Crippen molar-refractivity contribution in [3.05, 3.63) is 57.3 Å². The lowest BCUT2D eigenvalue weighted by atomic mass is 9.79. The average molecular weight is 285 g/mol. The second-order valence-corrected chi connectivity index (χ2v) is 6.75. The highest BCUT2D eigenvalue weighted by Crippen LogP contribution is 2.42. The van der Waals surface area contributed by atoms with E-state index in [9.17, 15) is 0 Å². The number of fused-ring (bicyclic) bond motifs is 1. The summed E-state index contributed by atoms with van der Waals surface area (Å²) in [6.07, 6.45) is 3.90. The monoisotopic (exact) mass is 285 g/mol. The van der Waals surface area contributed by atoms with Crippen LogP contribution in [0.3, 0.4) is 0 Å². The minimum absolute atomic E-state index is 0.452. The predicted octanol–water partition coefficient (Wildman–Crippen LogP) is 4.83. The standard InChI is InChI=1S/C18H23NS/c1-3-19-18(14-7-4-6-13(2)12-14)16-8-5-9-17-15(16)10-11-20-17/h4,6-7,10-12,16,18-19H,3,5,8-9H2,1-2H3. The van der Waals surface area contributed by atoms with E-state index in [-0.39, 0.29) is 0 Å². The highest BCUT2D eigenvalue weighted by atomic mass is 32.1. The summed E-state index contributed by atoms with van der Waals surface area (Å²) in [7, 11) is 0. The lowest BCUT2D eigenvalue weighted by Gasteiger charge is -2.32. The molecule has 2 aromatic rings. The first-order valence-electron chi connectivity index (χ1n) is 7.66. The topological polar surface area (TPSA) is 12.0 Å². The Labute approximate surface area is 126 Å². The van der Waals surface area contributed by atoms with Crippen LogP contribution in [0.25, 0.3) is 0 Å². The lowest BCUT2D eigenvalue weighted by Crippen LogP contribution is -2.28. The van der Waals surface area contributed by atoms with E-state index in [2.05, 4.69) is 54.9 Å². The Morgan fingerprint density at radius 3 is 3.05 bits per heavy atom. The molecule has 1 aromatic carbocycles. The molecular weight excluding hydrogens is 262 g/mol. The second kappa shape index (κ2) is 6.11. The van der Waals surface area contributed by atoms with Gasteiger partial charge in [-0.05, 0) is 55.3 Å². The average Bonchev–Trinajstić information content (AvgIpc) is 2.93. The maximum Gasteiger partial charge on any atom is 0.0389 e. The number of benzene rings is 1.